The van der Waals surface area contributed by atoms with Crippen LogP contribution in [-0.4, -0.2) is 17.6 Å². The molecule has 2 amide bonds. The van der Waals surface area contributed by atoms with Crippen molar-refractivity contribution in [2.75, 3.05) is 17.2 Å². The van der Waals surface area contributed by atoms with Crippen LogP contribution in [0.4, 0.5) is 15.6 Å². The number of nitrogens with zero attached hydrogens (tertiary/aromatic N) is 1. The van der Waals surface area contributed by atoms with Gasteiger partial charge in [0.1, 0.15) is 5.75 Å². The van der Waals surface area contributed by atoms with Gasteiger partial charge in [-0.25, -0.2) is 9.78 Å². The van der Waals surface area contributed by atoms with E-state index in [1.165, 1.54) is 22.5 Å². The number of urea groups is 1. The third-order valence-corrected chi connectivity index (χ3v) is 5.86. The van der Waals surface area contributed by atoms with E-state index in [1.54, 1.807) is 0 Å². The Morgan fingerprint density at radius 1 is 0.909 bits per heavy atom. The molecule has 0 unspecified atom stereocenters. The fourth-order valence-corrected chi connectivity index (χ4v) is 4.03. The molecule has 1 aromatic heterocycles. The number of benzene rings is 3. The number of rotatable bonds is 9. The molecule has 0 radical (unpaired) electrons. The predicted molar refractivity (Wildman–Crippen MR) is 136 cm³/mol. The molecule has 2 N–H and O–H groups in total. The van der Waals surface area contributed by atoms with E-state index in [0.717, 1.165) is 36.3 Å². The highest BCUT2D eigenvalue weighted by atomic mass is 32.1. The Balaban J connectivity index is 1.30. The summed E-state index contributed by atoms with van der Waals surface area (Å²) in [5.74, 6) is 0.800. The largest absolute Gasteiger partial charge is 0.494 e. The van der Waals surface area contributed by atoms with Crippen LogP contribution in [0.25, 0.3) is 11.3 Å². The minimum Gasteiger partial charge on any atom is -0.494 e. The minimum atomic E-state index is -0.325. The Morgan fingerprint density at radius 3 is 2.36 bits per heavy atom. The zero-order chi connectivity index (χ0) is 22.9. The van der Waals surface area contributed by atoms with Gasteiger partial charge in [0.25, 0.3) is 0 Å². The maximum Gasteiger partial charge on any atom is 0.325 e. The summed E-state index contributed by atoms with van der Waals surface area (Å²) < 4.78 is 5.65. The van der Waals surface area contributed by atoms with Gasteiger partial charge < -0.3 is 10.1 Å². The molecule has 0 aliphatic heterocycles. The number of unbranched alkanes of at least 4 members (excludes halogenated alkanes) is 1. The van der Waals surface area contributed by atoms with Crippen LogP contribution in [0.5, 0.6) is 5.75 Å². The molecular weight excluding hydrogens is 430 g/mol. The van der Waals surface area contributed by atoms with Crippen LogP contribution in [0.3, 0.4) is 0 Å². The molecule has 0 atom stereocenters. The highest BCUT2D eigenvalue weighted by Crippen LogP contribution is 2.26. The number of carbonyl (C=O) groups is 1. The van der Waals surface area contributed by atoms with Gasteiger partial charge in [0.2, 0.25) is 0 Å². The molecule has 0 saturated heterocycles. The fourth-order valence-electron chi connectivity index (χ4n) is 3.32. The number of amides is 2. The Hall–Kier alpha value is -3.64. The lowest BCUT2D eigenvalue weighted by Gasteiger charge is -2.08. The number of nitrogens with one attached hydrogen (secondary N) is 2. The SMILES string of the molecule is CCCCOc1ccc(NC(=O)Nc2nc(-c3ccc(Cc4ccccc4)cc3)cs2)cc1. The second-order valence-corrected chi connectivity index (χ2v) is 8.56. The number of ether oxygens (including phenoxy) is 1. The normalized spacial score (nSPS) is 10.6. The van der Waals surface area contributed by atoms with E-state index in [-0.39, 0.29) is 6.03 Å². The van der Waals surface area contributed by atoms with Crippen LogP contribution in [0.2, 0.25) is 0 Å². The molecule has 0 aliphatic rings. The molecule has 6 heteroatoms. The number of hydrogen-bond donors (Lipinski definition) is 2. The maximum absolute atomic E-state index is 12.4. The van der Waals surface area contributed by atoms with Gasteiger partial charge in [-0.05, 0) is 48.2 Å². The molecule has 4 aromatic rings. The molecular formula is C27H27N3O2S. The second-order valence-electron chi connectivity index (χ2n) is 7.70. The van der Waals surface area contributed by atoms with Gasteiger partial charge in [0, 0.05) is 16.6 Å². The first-order valence-electron chi connectivity index (χ1n) is 11.1. The highest BCUT2D eigenvalue weighted by molar-refractivity contribution is 7.14. The van der Waals surface area contributed by atoms with E-state index in [0.29, 0.717) is 17.4 Å². The van der Waals surface area contributed by atoms with Crippen molar-refractivity contribution in [3.05, 3.63) is 95.4 Å². The van der Waals surface area contributed by atoms with Crippen molar-refractivity contribution in [1.29, 1.82) is 0 Å². The van der Waals surface area contributed by atoms with Crippen molar-refractivity contribution in [3.8, 4) is 17.0 Å². The zero-order valence-electron chi connectivity index (χ0n) is 18.6. The third-order valence-electron chi connectivity index (χ3n) is 5.10. The van der Waals surface area contributed by atoms with Crippen LogP contribution < -0.4 is 15.4 Å². The van der Waals surface area contributed by atoms with Gasteiger partial charge in [-0.2, -0.15) is 0 Å². The average Bonchev–Trinajstić information content (AvgIpc) is 3.30. The third kappa shape index (κ3) is 6.67. The number of hydrogen-bond acceptors (Lipinski definition) is 4. The lowest BCUT2D eigenvalue weighted by atomic mass is 10.0. The van der Waals surface area contributed by atoms with Crippen molar-refractivity contribution >= 4 is 28.2 Å². The van der Waals surface area contributed by atoms with Gasteiger partial charge in [-0.1, -0.05) is 67.9 Å². The summed E-state index contributed by atoms with van der Waals surface area (Å²) in [6.45, 7) is 2.83. The van der Waals surface area contributed by atoms with Crippen LogP contribution in [0, 0.1) is 0 Å². The first kappa shape index (κ1) is 22.6. The molecule has 1 heterocycles. The summed E-state index contributed by atoms with van der Waals surface area (Å²) in [6.07, 6.45) is 3.02. The van der Waals surface area contributed by atoms with Crippen molar-refractivity contribution in [1.82, 2.24) is 4.98 Å². The van der Waals surface area contributed by atoms with Crippen LogP contribution >= 0.6 is 11.3 Å². The number of aromatic nitrogens is 1. The molecule has 0 fully saturated rings. The average molecular weight is 458 g/mol. The first-order chi connectivity index (χ1) is 16.2. The molecule has 3 aromatic carbocycles. The summed E-state index contributed by atoms with van der Waals surface area (Å²) in [6, 6.07) is 25.8. The van der Waals surface area contributed by atoms with Crippen LogP contribution in [-0.2, 0) is 6.42 Å². The highest BCUT2D eigenvalue weighted by Gasteiger charge is 2.09. The maximum atomic E-state index is 12.4. The second kappa shape index (κ2) is 11.3. The van der Waals surface area contributed by atoms with E-state index < -0.39 is 0 Å². The Kier molecular flexibility index (Phi) is 7.72. The van der Waals surface area contributed by atoms with Gasteiger partial charge in [0.15, 0.2) is 5.13 Å². The summed E-state index contributed by atoms with van der Waals surface area (Å²) in [4.78, 5) is 16.9. The van der Waals surface area contributed by atoms with E-state index in [9.17, 15) is 4.79 Å². The van der Waals surface area contributed by atoms with E-state index in [1.807, 2.05) is 35.7 Å². The van der Waals surface area contributed by atoms with Crippen molar-refractivity contribution < 1.29 is 9.53 Å². The van der Waals surface area contributed by atoms with E-state index in [4.69, 9.17) is 4.74 Å². The zero-order valence-corrected chi connectivity index (χ0v) is 19.4. The van der Waals surface area contributed by atoms with Crippen molar-refractivity contribution in [2.45, 2.75) is 26.2 Å². The summed E-state index contributed by atoms with van der Waals surface area (Å²) in [7, 11) is 0. The standard InChI is InChI=1S/C27H27N3O2S/c1-2-3-17-32-24-15-13-23(14-16-24)28-26(31)30-27-29-25(19-33-27)22-11-9-21(10-12-22)18-20-7-5-4-6-8-20/h4-16,19H,2-3,17-18H2,1H3,(H2,28,29,30,31). The summed E-state index contributed by atoms with van der Waals surface area (Å²) >= 11 is 1.40. The minimum absolute atomic E-state index is 0.325. The van der Waals surface area contributed by atoms with Gasteiger partial charge >= 0.3 is 6.03 Å². The predicted octanol–water partition coefficient (Wildman–Crippen LogP) is 7.22. The molecule has 0 bridgehead atoms. The number of carbonyl (C=O) groups excluding carboxylic acids is 1. The van der Waals surface area contributed by atoms with Gasteiger partial charge in [-0.3, -0.25) is 5.32 Å². The molecule has 0 saturated carbocycles. The Labute approximate surface area is 198 Å². The molecule has 5 nitrogen and oxygen atoms in total. The Bertz CT molecular complexity index is 1160. The van der Waals surface area contributed by atoms with E-state index >= 15 is 0 Å². The monoisotopic (exact) mass is 457 g/mol. The lowest BCUT2D eigenvalue weighted by molar-refractivity contribution is 0.262. The fraction of sp³-hybridized carbons (Fsp3) is 0.185. The topological polar surface area (TPSA) is 63.2 Å². The number of anilines is 2. The smallest absolute Gasteiger partial charge is 0.325 e. The number of thiazole rings is 1. The molecule has 33 heavy (non-hydrogen) atoms. The van der Waals surface area contributed by atoms with E-state index in [2.05, 4.69) is 71.1 Å². The first-order valence-corrected chi connectivity index (χ1v) is 12.0. The van der Waals surface area contributed by atoms with Crippen molar-refractivity contribution in [3.63, 3.8) is 0 Å². The quantitative estimate of drug-likeness (QED) is 0.261. The van der Waals surface area contributed by atoms with Gasteiger partial charge in [0.05, 0.1) is 12.3 Å². The van der Waals surface area contributed by atoms with Crippen molar-refractivity contribution in [2.24, 2.45) is 0 Å². The molecule has 0 aliphatic carbocycles. The van der Waals surface area contributed by atoms with Gasteiger partial charge in [-0.15, -0.1) is 11.3 Å². The molecule has 0 spiro atoms. The molecule has 4 rings (SSSR count). The summed E-state index contributed by atoms with van der Waals surface area (Å²) in [5.41, 5.74) is 5.10. The summed E-state index contributed by atoms with van der Waals surface area (Å²) in [5, 5.41) is 8.13. The molecule has 168 valence electrons. The lowest BCUT2D eigenvalue weighted by Crippen LogP contribution is -2.19. The van der Waals surface area contributed by atoms with Crippen LogP contribution in [0.15, 0.2) is 84.2 Å². The Morgan fingerprint density at radius 2 is 1.64 bits per heavy atom. The van der Waals surface area contributed by atoms with Crippen LogP contribution in [0.1, 0.15) is 30.9 Å².